The number of amides is 1. The van der Waals surface area contributed by atoms with E-state index in [1.54, 1.807) is 25.4 Å². The van der Waals surface area contributed by atoms with Gasteiger partial charge in [-0.2, -0.15) is 13.2 Å². The molecular weight excluding hydrogens is 519 g/mol. The number of morpholine rings is 1. The summed E-state index contributed by atoms with van der Waals surface area (Å²) < 4.78 is 42.8. The molecule has 0 aliphatic carbocycles. The fourth-order valence-corrected chi connectivity index (χ4v) is 3.62. The lowest BCUT2D eigenvalue weighted by Crippen LogP contribution is -2.36. The standard InChI is InChI=1S/C24H27N5O3.C2HF3O2/c1-16-15-26-23(14-21(16)27-19-6-4-3-5-18(19)24(25)30)28-20-8-7-17(13-22(20)31-2)29-9-11-32-12-10-29;3-2(4,5)1(6)7/h3-8,13-15H,9-12H2,1-2H3,(H2,25,30)(H2,26,27,28);(H,6,7). The number of nitrogens with one attached hydrogen (secondary N) is 2. The van der Waals surface area contributed by atoms with Crippen molar-refractivity contribution in [2.45, 2.75) is 13.1 Å². The van der Waals surface area contributed by atoms with Gasteiger partial charge < -0.3 is 35.8 Å². The van der Waals surface area contributed by atoms with Crippen LogP contribution in [0.3, 0.4) is 0 Å². The first-order valence-corrected chi connectivity index (χ1v) is 11.7. The minimum absolute atomic E-state index is 0.429. The van der Waals surface area contributed by atoms with Crippen LogP contribution >= 0.6 is 0 Å². The first kappa shape index (κ1) is 29.0. The summed E-state index contributed by atoms with van der Waals surface area (Å²) in [6.07, 6.45) is -3.31. The molecule has 0 spiro atoms. The molecule has 0 bridgehead atoms. The number of carbonyl (C=O) groups excluding carboxylic acids is 1. The topological polar surface area (TPSA) is 139 Å². The summed E-state index contributed by atoms with van der Waals surface area (Å²) in [5, 5.41) is 13.8. The Morgan fingerprint density at radius 2 is 1.72 bits per heavy atom. The highest BCUT2D eigenvalue weighted by atomic mass is 19.4. The molecule has 1 fully saturated rings. The van der Waals surface area contributed by atoms with Crippen LogP contribution in [-0.4, -0.2) is 61.6 Å². The van der Waals surface area contributed by atoms with Gasteiger partial charge in [0.1, 0.15) is 11.6 Å². The highest BCUT2D eigenvalue weighted by Gasteiger charge is 2.38. The van der Waals surface area contributed by atoms with E-state index in [4.69, 9.17) is 25.1 Å². The zero-order valence-corrected chi connectivity index (χ0v) is 21.2. The number of nitrogens with two attached hydrogens (primary N) is 1. The predicted molar refractivity (Wildman–Crippen MR) is 140 cm³/mol. The number of aromatic nitrogens is 1. The number of hydrogen-bond donors (Lipinski definition) is 4. The molecule has 3 aromatic rings. The van der Waals surface area contributed by atoms with E-state index in [1.807, 2.05) is 37.3 Å². The van der Waals surface area contributed by atoms with Crippen molar-refractivity contribution in [2.75, 3.05) is 48.9 Å². The molecule has 2 aromatic carbocycles. The van der Waals surface area contributed by atoms with Crippen LogP contribution < -0.4 is 26.0 Å². The molecule has 2 heterocycles. The second kappa shape index (κ2) is 12.8. The van der Waals surface area contributed by atoms with Crippen molar-refractivity contribution in [3.63, 3.8) is 0 Å². The van der Waals surface area contributed by atoms with Gasteiger partial charge in [-0.15, -0.1) is 0 Å². The number of aliphatic carboxylic acids is 1. The highest BCUT2D eigenvalue weighted by molar-refractivity contribution is 5.99. The van der Waals surface area contributed by atoms with Gasteiger partial charge >= 0.3 is 12.1 Å². The molecule has 1 aliphatic rings. The lowest BCUT2D eigenvalue weighted by Gasteiger charge is -2.29. The number of hydrogen-bond acceptors (Lipinski definition) is 8. The maximum absolute atomic E-state index is 11.8. The molecule has 208 valence electrons. The fraction of sp³-hybridized carbons (Fsp3) is 0.269. The Morgan fingerprint density at radius 3 is 2.33 bits per heavy atom. The highest BCUT2D eigenvalue weighted by Crippen LogP contribution is 2.33. The number of pyridine rings is 1. The van der Waals surface area contributed by atoms with E-state index in [0.29, 0.717) is 17.1 Å². The molecule has 0 atom stereocenters. The van der Waals surface area contributed by atoms with Gasteiger partial charge in [-0.3, -0.25) is 4.79 Å². The smallest absolute Gasteiger partial charge is 0.490 e. The van der Waals surface area contributed by atoms with Crippen LogP contribution in [0.5, 0.6) is 5.75 Å². The normalized spacial score (nSPS) is 13.1. The van der Waals surface area contributed by atoms with Crippen molar-refractivity contribution < 1.29 is 37.3 Å². The molecule has 1 aliphatic heterocycles. The third kappa shape index (κ3) is 7.98. The van der Waals surface area contributed by atoms with Crippen molar-refractivity contribution in [1.29, 1.82) is 0 Å². The average Bonchev–Trinajstić information content (AvgIpc) is 2.91. The zero-order chi connectivity index (χ0) is 28.6. The van der Waals surface area contributed by atoms with Gasteiger partial charge in [-0.05, 0) is 36.8 Å². The first-order chi connectivity index (χ1) is 18.5. The number of aryl methyl sites for hydroxylation is 1. The van der Waals surface area contributed by atoms with Crippen molar-refractivity contribution in [3.8, 4) is 5.75 Å². The van der Waals surface area contributed by atoms with Crippen LogP contribution in [0.4, 0.5) is 41.7 Å². The fourth-order valence-electron chi connectivity index (χ4n) is 3.62. The summed E-state index contributed by atoms with van der Waals surface area (Å²) in [5.74, 6) is -1.87. The van der Waals surface area contributed by atoms with E-state index in [1.165, 1.54) is 0 Å². The summed E-state index contributed by atoms with van der Waals surface area (Å²) in [5.41, 5.74) is 10.2. The summed E-state index contributed by atoms with van der Waals surface area (Å²) in [6.45, 7) is 5.12. The predicted octanol–water partition coefficient (Wildman–Crippen LogP) is 4.45. The number of ether oxygens (including phenoxy) is 2. The van der Waals surface area contributed by atoms with Crippen molar-refractivity contribution in [2.24, 2.45) is 5.73 Å². The van der Waals surface area contributed by atoms with Crippen LogP contribution in [0, 0.1) is 6.92 Å². The number of rotatable bonds is 7. The molecule has 1 aromatic heterocycles. The number of anilines is 5. The van der Waals surface area contributed by atoms with Crippen molar-refractivity contribution >= 4 is 40.4 Å². The van der Waals surface area contributed by atoms with E-state index in [2.05, 4.69) is 26.6 Å². The van der Waals surface area contributed by atoms with Crippen LogP contribution in [0.1, 0.15) is 15.9 Å². The third-order valence-corrected chi connectivity index (χ3v) is 5.63. The summed E-state index contributed by atoms with van der Waals surface area (Å²) in [6, 6.07) is 15.1. The number of carboxylic acids is 1. The second-order valence-corrected chi connectivity index (χ2v) is 8.33. The second-order valence-electron chi connectivity index (χ2n) is 8.33. The van der Waals surface area contributed by atoms with Crippen LogP contribution in [-0.2, 0) is 9.53 Å². The lowest BCUT2D eigenvalue weighted by atomic mass is 10.1. The number of primary amides is 1. The Hall–Kier alpha value is -4.52. The maximum atomic E-state index is 11.8. The molecule has 13 heteroatoms. The van der Waals surface area contributed by atoms with Crippen molar-refractivity contribution in [1.82, 2.24) is 4.98 Å². The number of halogens is 3. The number of methoxy groups -OCH3 is 1. The zero-order valence-electron chi connectivity index (χ0n) is 21.2. The molecule has 1 amide bonds. The van der Waals surface area contributed by atoms with Gasteiger partial charge in [0.2, 0.25) is 0 Å². The lowest BCUT2D eigenvalue weighted by molar-refractivity contribution is -0.192. The molecule has 39 heavy (non-hydrogen) atoms. The molecule has 1 saturated heterocycles. The number of carbonyl (C=O) groups is 2. The molecule has 5 N–H and O–H groups in total. The molecule has 0 unspecified atom stereocenters. The van der Waals surface area contributed by atoms with Crippen molar-refractivity contribution in [3.05, 3.63) is 65.9 Å². The number of nitrogens with zero attached hydrogens (tertiary/aromatic N) is 2. The number of benzene rings is 2. The first-order valence-electron chi connectivity index (χ1n) is 11.7. The van der Waals surface area contributed by atoms with E-state index < -0.39 is 18.1 Å². The number of alkyl halides is 3. The quantitative estimate of drug-likeness (QED) is 0.338. The molecule has 10 nitrogen and oxygen atoms in total. The van der Waals surface area contributed by atoms with Crippen LogP contribution in [0.15, 0.2) is 54.7 Å². The average molecular weight is 548 g/mol. The van der Waals surface area contributed by atoms with E-state index in [0.717, 1.165) is 54.7 Å². The van der Waals surface area contributed by atoms with Gasteiger partial charge in [-0.1, -0.05) is 12.1 Å². The Balaban J connectivity index is 0.000000532. The van der Waals surface area contributed by atoms with Gasteiger partial charge in [-0.25, -0.2) is 9.78 Å². The molecular formula is C26H28F3N5O5. The molecule has 0 saturated carbocycles. The largest absolute Gasteiger partial charge is 0.494 e. The third-order valence-electron chi connectivity index (χ3n) is 5.63. The Labute approximate surface area is 222 Å². The number of carboxylic acid groups (broad SMARTS) is 1. The van der Waals surface area contributed by atoms with Gasteiger partial charge in [0, 0.05) is 42.8 Å². The van der Waals surface area contributed by atoms with Gasteiger partial charge in [0.15, 0.2) is 0 Å². The molecule has 0 radical (unpaired) electrons. The Morgan fingerprint density at radius 1 is 1.05 bits per heavy atom. The summed E-state index contributed by atoms with van der Waals surface area (Å²) in [7, 11) is 1.65. The van der Waals surface area contributed by atoms with Gasteiger partial charge in [0.05, 0.1) is 37.3 Å². The minimum Gasteiger partial charge on any atom is -0.494 e. The van der Waals surface area contributed by atoms with Crippen LogP contribution in [0.25, 0.3) is 0 Å². The summed E-state index contributed by atoms with van der Waals surface area (Å²) >= 11 is 0. The number of para-hydroxylation sites is 1. The monoisotopic (exact) mass is 547 g/mol. The SMILES string of the molecule is COc1cc(N2CCOCC2)ccc1Nc1cc(Nc2ccccc2C(N)=O)c(C)cn1.O=C(O)C(F)(F)F. The van der Waals surface area contributed by atoms with E-state index in [9.17, 15) is 18.0 Å². The van der Waals surface area contributed by atoms with E-state index >= 15 is 0 Å². The minimum atomic E-state index is -5.08. The Kier molecular flexibility index (Phi) is 9.55. The van der Waals surface area contributed by atoms with Gasteiger partial charge in [0.25, 0.3) is 5.91 Å². The molecule has 4 rings (SSSR count). The van der Waals surface area contributed by atoms with E-state index in [-0.39, 0.29) is 0 Å². The Bertz CT molecular complexity index is 1310. The summed E-state index contributed by atoms with van der Waals surface area (Å²) in [4.78, 5) is 27.4. The maximum Gasteiger partial charge on any atom is 0.490 e. The van der Waals surface area contributed by atoms with Crippen LogP contribution in [0.2, 0.25) is 0 Å².